The SMILES string of the molecule is C[C-](C)C.[CH2-]OC(=O)C(C)CC.[Y]. The Kier molecular flexibility index (Phi) is 18.6. The summed E-state index contributed by atoms with van der Waals surface area (Å²) in [5.41, 5.74) is 0. The zero-order valence-electron chi connectivity index (χ0n) is 9.39. The standard InChI is InChI=1S/C6H11O2.C4H9.Y/c1-4-5(2)6(7)8-3;1-4(2)3;/h5H,3-4H2,1-2H3;1-3H3;/q2*-1;. The van der Waals surface area contributed by atoms with E-state index in [2.05, 4.69) is 32.6 Å². The summed E-state index contributed by atoms with van der Waals surface area (Å²) in [5, 5.41) is 0. The van der Waals surface area contributed by atoms with Gasteiger partial charge in [0.2, 0.25) is 0 Å². The van der Waals surface area contributed by atoms with E-state index >= 15 is 0 Å². The summed E-state index contributed by atoms with van der Waals surface area (Å²) < 4.78 is 4.21. The van der Waals surface area contributed by atoms with Crippen LogP contribution in [-0.4, -0.2) is 5.97 Å². The molecular formula is C10H20O2Y-2. The van der Waals surface area contributed by atoms with E-state index in [-0.39, 0.29) is 44.6 Å². The second kappa shape index (κ2) is 12.6. The minimum absolute atomic E-state index is 0. The van der Waals surface area contributed by atoms with Crippen molar-refractivity contribution in [1.82, 2.24) is 0 Å². The number of ether oxygens (including phenoxy) is 1. The smallest absolute Gasteiger partial charge is 0.277 e. The van der Waals surface area contributed by atoms with Crippen LogP contribution in [-0.2, 0) is 42.2 Å². The van der Waals surface area contributed by atoms with Gasteiger partial charge in [0, 0.05) is 32.7 Å². The van der Waals surface area contributed by atoms with Gasteiger partial charge in [0.25, 0.3) is 5.97 Å². The van der Waals surface area contributed by atoms with Crippen molar-refractivity contribution in [3.8, 4) is 0 Å². The van der Waals surface area contributed by atoms with Crippen LogP contribution in [0.15, 0.2) is 0 Å². The molecule has 0 aromatic rings. The van der Waals surface area contributed by atoms with Crippen LogP contribution >= 0.6 is 0 Å². The molecular weight excluding hydrogens is 241 g/mol. The van der Waals surface area contributed by atoms with Gasteiger partial charge in [-0.1, -0.05) is 13.8 Å². The van der Waals surface area contributed by atoms with E-state index in [0.29, 0.717) is 0 Å². The third-order valence-corrected chi connectivity index (χ3v) is 1.16. The van der Waals surface area contributed by atoms with Gasteiger partial charge in [0.15, 0.2) is 0 Å². The number of rotatable bonds is 2. The van der Waals surface area contributed by atoms with Gasteiger partial charge in [-0.3, -0.25) is 4.79 Å². The van der Waals surface area contributed by atoms with Crippen LogP contribution in [0.4, 0.5) is 0 Å². The molecule has 0 aromatic carbocycles. The second-order valence-corrected chi connectivity index (χ2v) is 3.27. The predicted octanol–water partition coefficient (Wildman–Crippen LogP) is 2.99. The summed E-state index contributed by atoms with van der Waals surface area (Å²) in [6.07, 6.45) is 0.814. The first-order valence-corrected chi connectivity index (χ1v) is 4.18. The van der Waals surface area contributed by atoms with Gasteiger partial charge in [-0.15, -0.1) is 0 Å². The maximum Gasteiger partial charge on any atom is 0.277 e. The molecule has 13 heavy (non-hydrogen) atoms. The van der Waals surface area contributed by atoms with Crippen molar-refractivity contribution >= 4 is 5.97 Å². The molecule has 77 valence electrons. The molecule has 0 aliphatic carbocycles. The van der Waals surface area contributed by atoms with E-state index in [4.69, 9.17) is 0 Å². The first-order valence-electron chi connectivity index (χ1n) is 4.18. The summed E-state index contributed by atoms with van der Waals surface area (Å²) in [6, 6.07) is 0. The molecule has 0 saturated heterocycles. The summed E-state index contributed by atoms with van der Waals surface area (Å²) in [5.74, 6) is 1.18. The van der Waals surface area contributed by atoms with Crippen LogP contribution in [0.2, 0.25) is 0 Å². The summed E-state index contributed by atoms with van der Waals surface area (Å²) in [4.78, 5) is 10.5. The fourth-order valence-corrected chi connectivity index (χ4v) is 0.309. The van der Waals surface area contributed by atoms with E-state index in [0.717, 1.165) is 6.42 Å². The molecule has 2 nitrogen and oxygen atoms in total. The summed E-state index contributed by atoms with van der Waals surface area (Å²) >= 11 is 0. The maximum atomic E-state index is 10.5. The molecule has 0 amide bonds. The van der Waals surface area contributed by atoms with Gasteiger partial charge in [0.1, 0.15) is 0 Å². The van der Waals surface area contributed by atoms with Gasteiger partial charge in [-0.05, 0) is 6.42 Å². The van der Waals surface area contributed by atoms with E-state index in [1.807, 2.05) is 13.8 Å². The van der Waals surface area contributed by atoms with E-state index in [1.54, 1.807) is 0 Å². The molecule has 1 atom stereocenters. The fourth-order valence-electron chi connectivity index (χ4n) is 0.309. The summed E-state index contributed by atoms with van der Waals surface area (Å²) in [7, 11) is 3.01. The Balaban J connectivity index is -0.000000173. The Bertz CT molecular complexity index is 111. The molecule has 1 radical (unpaired) electrons. The van der Waals surface area contributed by atoms with Crippen molar-refractivity contribution in [2.75, 3.05) is 0 Å². The molecule has 0 bridgehead atoms. The Morgan fingerprint density at radius 2 is 1.77 bits per heavy atom. The van der Waals surface area contributed by atoms with E-state index in [9.17, 15) is 4.79 Å². The van der Waals surface area contributed by atoms with Crippen molar-refractivity contribution in [1.29, 1.82) is 0 Å². The molecule has 1 unspecified atom stereocenters. The van der Waals surface area contributed by atoms with Crippen molar-refractivity contribution in [3.63, 3.8) is 0 Å². The van der Waals surface area contributed by atoms with Crippen LogP contribution < -0.4 is 0 Å². The van der Waals surface area contributed by atoms with Gasteiger partial charge in [-0.25, -0.2) is 0 Å². The zero-order chi connectivity index (χ0) is 10.1. The van der Waals surface area contributed by atoms with Crippen molar-refractivity contribution in [2.45, 2.75) is 41.0 Å². The molecule has 0 N–H and O–H groups in total. The average Bonchev–Trinajstić information content (AvgIpc) is 2.00. The number of esters is 1. The van der Waals surface area contributed by atoms with Gasteiger partial charge >= 0.3 is 0 Å². The van der Waals surface area contributed by atoms with Gasteiger partial charge in [0.05, 0.1) is 5.92 Å². The summed E-state index contributed by atoms with van der Waals surface area (Å²) in [6.45, 7) is 10.00. The van der Waals surface area contributed by atoms with Gasteiger partial charge < -0.3 is 10.7 Å². The normalized spacial score (nSPS) is 10.7. The van der Waals surface area contributed by atoms with Crippen molar-refractivity contribution in [3.05, 3.63) is 13.0 Å². The van der Waals surface area contributed by atoms with Crippen LogP contribution in [0.25, 0.3) is 0 Å². The number of hydrogen-bond donors (Lipinski definition) is 0. The van der Waals surface area contributed by atoms with Crippen molar-refractivity contribution < 1.29 is 42.2 Å². The Hall–Kier alpha value is 0.574. The monoisotopic (exact) mass is 261 g/mol. The molecule has 0 heterocycles. The first kappa shape index (κ1) is 19.2. The van der Waals surface area contributed by atoms with Gasteiger partial charge in [-0.2, -0.15) is 27.9 Å². The molecule has 0 spiro atoms. The Morgan fingerprint density at radius 3 is 1.85 bits per heavy atom. The van der Waals surface area contributed by atoms with E-state index in [1.165, 1.54) is 5.92 Å². The second-order valence-electron chi connectivity index (χ2n) is 3.27. The molecule has 0 fully saturated rings. The number of hydrogen-bond acceptors (Lipinski definition) is 2. The Morgan fingerprint density at radius 1 is 1.46 bits per heavy atom. The van der Waals surface area contributed by atoms with Crippen molar-refractivity contribution in [2.24, 2.45) is 5.92 Å². The molecule has 0 aromatic heterocycles. The maximum absolute atomic E-state index is 10.5. The largest absolute Gasteiger partial charge is 0.640 e. The van der Waals surface area contributed by atoms with Crippen LogP contribution in [0.1, 0.15) is 41.0 Å². The minimum Gasteiger partial charge on any atom is -0.640 e. The third-order valence-electron chi connectivity index (χ3n) is 1.16. The molecule has 0 saturated carbocycles. The molecule has 0 aliphatic heterocycles. The topological polar surface area (TPSA) is 26.3 Å². The number of carbonyl (C=O) groups is 1. The van der Waals surface area contributed by atoms with E-state index < -0.39 is 0 Å². The predicted molar refractivity (Wildman–Crippen MR) is 51.2 cm³/mol. The third kappa shape index (κ3) is 19.1. The van der Waals surface area contributed by atoms with Crippen LogP contribution in [0, 0.1) is 18.9 Å². The average molecular weight is 261 g/mol. The molecule has 0 rings (SSSR count). The minimum atomic E-state index is -0.229. The molecule has 3 heteroatoms. The first-order chi connectivity index (χ1) is 5.45. The van der Waals surface area contributed by atoms with Crippen LogP contribution in [0.3, 0.4) is 0 Å². The number of carbonyl (C=O) groups excluding carboxylic acids is 1. The zero-order valence-corrected chi connectivity index (χ0v) is 12.2. The quantitative estimate of drug-likeness (QED) is 0.564. The Labute approximate surface area is 108 Å². The van der Waals surface area contributed by atoms with Crippen LogP contribution in [0.5, 0.6) is 0 Å². The molecule has 0 aliphatic rings. The fraction of sp³-hybridized carbons (Fsp3) is 0.700.